The number of nitrogens with zero attached hydrogens (tertiary/aromatic N) is 2. The van der Waals surface area contributed by atoms with Gasteiger partial charge in [0.25, 0.3) is 5.92 Å². The maximum absolute atomic E-state index is 14.2. The first kappa shape index (κ1) is 18.8. The molecule has 1 saturated heterocycles. The molecular formula is C21H22F3N3O. The summed E-state index contributed by atoms with van der Waals surface area (Å²) in [5.74, 6) is -3.33. The number of urea groups is 1. The zero-order chi connectivity index (χ0) is 19.9. The van der Waals surface area contributed by atoms with Crippen LogP contribution in [0.2, 0.25) is 0 Å². The minimum atomic E-state index is -2.97. The van der Waals surface area contributed by atoms with E-state index in [9.17, 15) is 18.0 Å². The number of hydrogen-bond acceptors (Lipinski definition) is 2. The van der Waals surface area contributed by atoms with Crippen molar-refractivity contribution >= 4 is 6.03 Å². The molecule has 2 aliphatic heterocycles. The van der Waals surface area contributed by atoms with Crippen molar-refractivity contribution in [2.75, 3.05) is 26.7 Å². The average molecular weight is 389 g/mol. The van der Waals surface area contributed by atoms with E-state index in [1.807, 2.05) is 24.3 Å². The molecule has 2 heterocycles. The molecular weight excluding hydrogens is 367 g/mol. The van der Waals surface area contributed by atoms with E-state index in [1.165, 1.54) is 17.0 Å². The van der Waals surface area contributed by atoms with E-state index in [4.69, 9.17) is 0 Å². The molecule has 0 bridgehead atoms. The van der Waals surface area contributed by atoms with Crippen LogP contribution in [0.15, 0.2) is 48.5 Å². The summed E-state index contributed by atoms with van der Waals surface area (Å²) in [5.41, 5.74) is 2.79. The second kappa shape index (κ2) is 7.13. The standard InChI is InChI=1S/C21H22F3N3O/c1-26-12-18(21(23,24)13-26)25-20(28)27-11-10-14-4-2-3-5-17(14)19(27)15-6-8-16(22)9-7-15/h2-9,18-19H,10-13H2,1H3,(H,25,28)/t18-,19-/m0/s1. The number of fused-ring (bicyclic) bond motifs is 1. The van der Waals surface area contributed by atoms with Crippen molar-refractivity contribution in [3.63, 3.8) is 0 Å². The van der Waals surface area contributed by atoms with Crippen molar-refractivity contribution in [2.24, 2.45) is 0 Å². The third-order valence-electron chi connectivity index (χ3n) is 5.51. The molecule has 2 aromatic carbocycles. The number of halogens is 3. The molecule has 7 heteroatoms. The Labute approximate surface area is 161 Å². The van der Waals surface area contributed by atoms with Crippen molar-refractivity contribution in [1.82, 2.24) is 15.1 Å². The first-order valence-corrected chi connectivity index (χ1v) is 9.32. The van der Waals surface area contributed by atoms with Gasteiger partial charge in [0.15, 0.2) is 0 Å². The second-order valence-electron chi connectivity index (χ2n) is 7.56. The molecule has 2 amide bonds. The molecule has 4 rings (SSSR count). The number of likely N-dealkylation sites (tertiary alicyclic amines) is 1. The largest absolute Gasteiger partial charge is 0.328 e. The molecule has 1 N–H and O–H groups in total. The van der Waals surface area contributed by atoms with Gasteiger partial charge < -0.3 is 10.2 Å². The highest BCUT2D eigenvalue weighted by molar-refractivity contribution is 5.76. The van der Waals surface area contributed by atoms with Gasteiger partial charge in [-0.2, -0.15) is 0 Å². The lowest BCUT2D eigenvalue weighted by molar-refractivity contribution is -0.00772. The Morgan fingerprint density at radius 3 is 2.54 bits per heavy atom. The van der Waals surface area contributed by atoms with Gasteiger partial charge in [-0.3, -0.25) is 4.90 Å². The van der Waals surface area contributed by atoms with E-state index in [1.54, 1.807) is 24.1 Å². The molecule has 0 saturated carbocycles. The van der Waals surface area contributed by atoms with Gasteiger partial charge in [0.2, 0.25) is 0 Å². The van der Waals surface area contributed by atoms with E-state index < -0.39 is 24.0 Å². The zero-order valence-electron chi connectivity index (χ0n) is 15.5. The molecule has 0 spiro atoms. The average Bonchev–Trinajstić information content (AvgIpc) is 2.92. The van der Waals surface area contributed by atoms with E-state index in [0.717, 1.165) is 16.7 Å². The van der Waals surface area contributed by atoms with Gasteiger partial charge in [0, 0.05) is 13.1 Å². The van der Waals surface area contributed by atoms with Gasteiger partial charge in [-0.1, -0.05) is 36.4 Å². The maximum atomic E-state index is 14.2. The minimum Gasteiger partial charge on any atom is -0.328 e. The predicted molar refractivity (Wildman–Crippen MR) is 99.9 cm³/mol. The molecule has 4 nitrogen and oxygen atoms in total. The van der Waals surface area contributed by atoms with Gasteiger partial charge >= 0.3 is 6.03 Å². The monoisotopic (exact) mass is 389 g/mol. The van der Waals surface area contributed by atoms with E-state index in [2.05, 4.69) is 5.32 Å². The predicted octanol–water partition coefficient (Wildman–Crippen LogP) is 3.43. The van der Waals surface area contributed by atoms with Crippen LogP contribution in [0.25, 0.3) is 0 Å². The second-order valence-corrected chi connectivity index (χ2v) is 7.56. The third-order valence-corrected chi connectivity index (χ3v) is 5.51. The quantitative estimate of drug-likeness (QED) is 0.854. The third kappa shape index (κ3) is 3.46. The van der Waals surface area contributed by atoms with Crippen LogP contribution in [-0.4, -0.2) is 54.5 Å². The van der Waals surface area contributed by atoms with Crippen molar-refractivity contribution in [3.8, 4) is 0 Å². The fourth-order valence-electron chi connectivity index (χ4n) is 4.15. The van der Waals surface area contributed by atoms with E-state index in [0.29, 0.717) is 13.0 Å². The van der Waals surface area contributed by atoms with Crippen LogP contribution in [0.5, 0.6) is 0 Å². The number of carbonyl (C=O) groups excluding carboxylic acids is 1. The first-order valence-electron chi connectivity index (χ1n) is 9.32. The van der Waals surface area contributed by atoms with Crippen LogP contribution in [0, 0.1) is 5.82 Å². The number of amides is 2. The smallest absolute Gasteiger partial charge is 0.318 e. The van der Waals surface area contributed by atoms with Gasteiger partial charge in [-0.15, -0.1) is 0 Å². The van der Waals surface area contributed by atoms with Gasteiger partial charge in [0.1, 0.15) is 11.9 Å². The van der Waals surface area contributed by atoms with Gasteiger partial charge in [-0.05, 0) is 42.3 Å². The first-order chi connectivity index (χ1) is 13.3. The van der Waals surface area contributed by atoms with Crippen molar-refractivity contribution < 1.29 is 18.0 Å². The highest BCUT2D eigenvalue weighted by atomic mass is 19.3. The van der Waals surface area contributed by atoms with Crippen LogP contribution in [-0.2, 0) is 6.42 Å². The number of carbonyl (C=O) groups is 1. The summed E-state index contributed by atoms with van der Waals surface area (Å²) in [6.07, 6.45) is 0.641. The lowest BCUT2D eigenvalue weighted by Crippen LogP contribution is -2.53. The summed E-state index contributed by atoms with van der Waals surface area (Å²) < 4.78 is 41.8. The van der Waals surface area contributed by atoms with Crippen LogP contribution < -0.4 is 5.32 Å². The topological polar surface area (TPSA) is 35.6 Å². The number of nitrogens with one attached hydrogen (secondary N) is 1. The summed E-state index contributed by atoms with van der Waals surface area (Å²) in [7, 11) is 1.61. The van der Waals surface area contributed by atoms with Crippen LogP contribution in [0.3, 0.4) is 0 Å². The van der Waals surface area contributed by atoms with Crippen LogP contribution >= 0.6 is 0 Å². The summed E-state index contributed by atoms with van der Waals surface area (Å²) in [5, 5.41) is 2.53. The number of likely N-dealkylation sites (N-methyl/N-ethyl adjacent to an activating group) is 1. The zero-order valence-corrected chi connectivity index (χ0v) is 15.5. The molecule has 148 valence electrons. The van der Waals surface area contributed by atoms with Gasteiger partial charge in [-0.25, -0.2) is 18.0 Å². The minimum absolute atomic E-state index is 0.102. The fraction of sp³-hybridized carbons (Fsp3) is 0.381. The SMILES string of the molecule is CN1C[C@H](NC(=O)N2CCc3ccccc3[C@@H]2c2ccc(F)cc2)C(F)(F)C1. The highest BCUT2D eigenvalue weighted by Crippen LogP contribution is 2.36. The summed E-state index contributed by atoms with van der Waals surface area (Å²) in [4.78, 5) is 16.1. The molecule has 0 aliphatic carbocycles. The Morgan fingerprint density at radius 2 is 1.86 bits per heavy atom. The van der Waals surface area contributed by atoms with Crippen molar-refractivity contribution in [3.05, 3.63) is 71.0 Å². The molecule has 2 aliphatic rings. The molecule has 2 atom stereocenters. The van der Waals surface area contributed by atoms with Crippen LogP contribution in [0.1, 0.15) is 22.7 Å². The molecule has 1 fully saturated rings. The highest BCUT2D eigenvalue weighted by Gasteiger charge is 2.48. The number of hydrogen-bond donors (Lipinski definition) is 1. The maximum Gasteiger partial charge on any atom is 0.318 e. The lowest BCUT2D eigenvalue weighted by Gasteiger charge is -2.38. The van der Waals surface area contributed by atoms with E-state index in [-0.39, 0.29) is 18.9 Å². The van der Waals surface area contributed by atoms with Crippen LogP contribution in [0.4, 0.5) is 18.0 Å². The van der Waals surface area contributed by atoms with Gasteiger partial charge in [0.05, 0.1) is 12.6 Å². The Kier molecular flexibility index (Phi) is 4.79. The number of alkyl halides is 2. The molecule has 28 heavy (non-hydrogen) atoms. The Morgan fingerprint density at radius 1 is 1.14 bits per heavy atom. The summed E-state index contributed by atoms with van der Waals surface area (Å²) in [6, 6.07) is 11.5. The summed E-state index contributed by atoms with van der Waals surface area (Å²) in [6.45, 7) is 0.131. The van der Waals surface area contributed by atoms with Crippen molar-refractivity contribution in [2.45, 2.75) is 24.4 Å². The molecule has 0 unspecified atom stereocenters. The normalized spacial score (nSPS) is 24.1. The number of benzene rings is 2. The van der Waals surface area contributed by atoms with E-state index >= 15 is 0 Å². The Balaban J connectivity index is 1.65. The molecule has 0 radical (unpaired) electrons. The number of rotatable bonds is 2. The Bertz CT molecular complexity index is 871. The summed E-state index contributed by atoms with van der Waals surface area (Å²) >= 11 is 0. The van der Waals surface area contributed by atoms with Crippen molar-refractivity contribution in [1.29, 1.82) is 0 Å². The fourth-order valence-corrected chi connectivity index (χ4v) is 4.15. The molecule has 0 aromatic heterocycles. The Hall–Kier alpha value is -2.54. The lowest BCUT2D eigenvalue weighted by atomic mass is 9.88. The molecule has 2 aromatic rings.